The second-order valence-electron chi connectivity index (χ2n) is 5.60. The van der Waals surface area contributed by atoms with Crippen molar-refractivity contribution in [2.45, 2.75) is 90.9 Å². The smallest absolute Gasteiger partial charge is 0.0847 e. The van der Waals surface area contributed by atoms with Crippen molar-refractivity contribution in [2.75, 3.05) is 6.61 Å². The maximum atomic E-state index is 10.5. The third-order valence-electron chi connectivity index (χ3n) is 3.58. The van der Waals surface area contributed by atoms with E-state index in [1.54, 1.807) is 0 Å². The highest BCUT2D eigenvalue weighted by Crippen LogP contribution is 2.13. The van der Waals surface area contributed by atoms with Crippen LogP contribution in [-0.4, -0.2) is 6.61 Å². The molecule has 0 aliphatic rings. The lowest BCUT2D eigenvalue weighted by molar-refractivity contribution is 0.145. The molecule has 1 nitrogen and oxygen atoms in total. The molecule has 0 fully saturated rings. The predicted molar refractivity (Wildman–Crippen MR) is 75.8 cm³/mol. The SMILES string of the molecule is CCCCCCCCCCCCCC(C)C[O]. The van der Waals surface area contributed by atoms with Crippen LogP contribution in [0.2, 0.25) is 0 Å². The summed E-state index contributed by atoms with van der Waals surface area (Å²) in [6.07, 6.45) is 16.4. The van der Waals surface area contributed by atoms with Crippen LogP contribution in [0.3, 0.4) is 0 Å². The molecule has 0 aliphatic heterocycles. The Balaban J connectivity index is 2.94. The second kappa shape index (κ2) is 14.0. The summed E-state index contributed by atoms with van der Waals surface area (Å²) in [6, 6.07) is 0. The van der Waals surface area contributed by atoms with Crippen molar-refractivity contribution < 1.29 is 5.11 Å². The molecule has 1 radical (unpaired) electrons. The third-order valence-corrected chi connectivity index (χ3v) is 3.58. The summed E-state index contributed by atoms with van der Waals surface area (Å²) in [7, 11) is 0. The lowest BCUT2D eigenvalue weighted by Crippen LogP contribution is -1.98. The van der Waals surface area contributed by atoms with Gasteiger partial charge in [-0.05, 0) is 12.3 Å². The molecule has 0 bridgehead atoms. The Bertz CT molecular complexity index is 133. The first kappa shape index (κ1) is 17.0. The standard InChI is InChI=1S/C16H33O/c1-3-4-5-6-7-8-9-10-11-12-13-14-16(2)15-17/h16H,3-15H2,1-2H3. The summed E-state index contributed by atoms with van der Waals surface area (Å²) in [5, 5.41) is 10.5. The van der Waals surface area contributed by atoms with E-state index in [4.69, 9.17) is 0 Å². The summed E-state index contributed by atoms with van der Waals surface area (Å²) < 4.78 is 0. The molecular weight excluding hydrogens is 208 g/mol. The van der Waals surface area contributed by atoms with Gasteiger partial charge in [-0.25, -0.2) is 5.11 Å². The van der Waals surface area contributed by atoms with Crippen LogP contribution in [0.4, 0.5) is 0 Å². The van der Waals surface area contributed by atoms with Crippen molar-refractivity contribution in [2.24, 2.45) is 5.92 Å². The largest absolute Gasteiger partial charge is 0.236 e. The Labute approximate surface area is 109 Å². The molecule has 0 aromatic heterocycles. The molecule has 1 heteroatoms. The normalized spacial score (nSPS) is 12.9. The van der Waals surface area contributed by atoms with Crippen molar-refractivity contribution in [1.29, 1.82) is 0 Å². The lowest BCUT2D eigenvalue weighted by Gasteiger charge is -2.06. The maximum Gasteiger partial charge on any atom is 0.0847 e. The fraction of sp³-hybridized carbons (Fsp3) is 1.00. The van der Waals surface area contributed by atoms with Gasteiger partial charge in [0.2, 0.25) is 0 Å². The molecule has 0 aromatic carbocycles. The minimum absolute atomic E-state index is 0.109. The van der Waals surface area contributed by atoms with Crippen LogP contribution < -0.4 is 0 Å². The Morgan fingerprint density at radius 3 is 1.53 bits per heavy atom. The van der Waals surface area contributed by atoms with Crippen molar-refractivity contribution in [3.63, 3.8) is 0 Å². The number of rotatable bonds is 13. The predicted octanol–water partition coefficient (Wildman–Crippen LogP) is 5.75. The summed E-state index contributed by atoms with van der Waals surface area (Å²) in [5.41, 5.74) is 0. The maximum absolute atomic E-state index is 10.5. The van der Waals surface area contributed by atoms with Crippen LogP contribution in [0.1, 0.15) is 90.9 Å². The van der Waals surface area contributed by atoms with Crippen LogP contribution >= 0.6 is 0 Å². The number of unbranched alkanes of at least 4 members (excludes halogenated alkanes) is 10. The first-order chi connectivity index (χ1) is 8.31. The van der Waals surface area contributed by atoms with Crippen molar-refractivity contribution in [3.05, 3.63) is 0 Å². The average molecular weight is 241 g/mol. The van der Waals surface area contributed by atoms with Crippen LogP contribution in [0.5, 0.6) is 0 Å². The Morgan fingerprint density at radius 2 is 1.12 bits per heavy atom. The molecule has 0 heterocycles. The lowest BCUT2D eigenvalue weighted by atomic mass is 10.0. The van der Waals surface area contributed by atoms with E-state index < -0.39 is 0 Å². The van der Waals surface area contributed by atoms with Crippen LogP contribution in [0, 0.1) is 5.92 Å². The van der Waals surface area contributed by atoms with Crippen LogP contribution in [0.25, 0.3) is 0 Å². The van der Waals surface area contributed by atoms with Gasteiger partial charge in [0, 0.05) is 0 Å². The molecule has 0 rings (SSSR count). The molecule has 0 N–H and O–H groups in total. The van der Waals surface area contributed by atoms with Crippen molar-refractivity contribution in [3.8, 4) is 0 Å². The van der Waals surface area contributed by atoms with Gasteiger partial charge in [0.05, 0.1) is 6.61 Å². The van der Waals surface area contributed by atoms with E-state index in [2.05, 4.69) is 13.8 Å². The fourth-order valence-electron chi connectivity index (χ4n) is 2.24. The monoisotopic (exact) mass is 241 g/mol. The van der Waals surface area contributed by atoms with Gasteiger partial charge in [-0.3, -0.25) is 0 Å². The zero-order valence-corrected chi connectivity index (χ0v) is 12.2. The summed E-state index contributed by atoms with van der Waals surface area (Å²) in [4.78, 5) is 0. The van der Waals surface area contributed by atoms with Gasteiger partial charge in [0.25, 0.3) is 0 Å². The number of hydrogen-bond acceptors (Lipinski definition) is 0. The molecule has 1 unspecified atom stereocenters. The molecule has 17 heavy (non-hydrogen) atoms. The van der Waals surface area contributed by atoms with E-state index in [-0.39, 0.29) is 6.61 Å². The van der Waals surface area contributed by atoms with E-state index in [9.17, 15) is 5.11 Å². The van der Waals surface area contributed by atoms with E-state index >= 15 is 0 Å². The van der Waals surface area contributed by atoms with Gasteiger partial charge in [-0.1, -0.05) is 84.5 Å². The Kier molecular flexibility index (Phi) is 14.0. The van der Waals surface area contributed by atoms with E-state index in [0.29, 0.717) is 5.92 Å². The van der Waals surface area contributed by atoms with Gasteiger partial charge < -0.3 is 0 Å². The van der Waals surface area contributed by atoms with Gasteiger partial charge in [-0.2, -0.15) is 0 Å². The summed E-state index contributed by atoms with van der Waals surface area (Å²) >= 11 is 0. The zero-order chi connectivity index (χ0) is 12.8. The van der Waals surface area contributed by atoms with Crippen LogP contribution in [-0.2, 0) is 5.11 Å². The van der Waals surface area contributed by atoms with E-state index in [1.807, 2.05) is 0 Å². The van der Waals surface area contributed by atoms with Gasteiger partial charge in [0.15, 0.2) is 0 Å². The minimum atomic E-state index is 0.109. The summed E-state index contributed by atoms with van der Waals surface area (Å²) in [6.45, 7) is 4.45. The van der Waals surface area contributed by atoms with Gasteiger partial charge >= 0.3 is 0 Å². The van der Waals surface area contributed by atoms with Crippen molar-refractivity contribution >= 4 is 0 Å². The zero-order valence-electron chi connectivity index (χ0n) is 12.2. The molecule has 103 valence electrons. The fourth-order valence-corrected chi connectivity index (χ4v) is 2.24. The first-order valence-corrected chi connectivity index (χ1v) is 7.89. The number of hydrogen-bond donors (Lipinski definition) is 0. The Hall–Kier alpha value is -0.0400. The molecule has 1 atom stereocenters. The molecule has 0 spiro atoms. The molecule has 0 aromatic rings. The molecule has 0 saturated heterocycles. The molecule has 0 saturated carbocycles. The minimum Gasteiger partial charge on any atom is -0.236 e. The topological polar surface area (TPSA) is 19.9 Å². The van der Waals surface area contributed by atoms with Crippen LogP contribution in [0.15, 0.2) is 0 Å². The summed E-state index contributed by atoms with van der Waals surface area (Å²) in [5.74, 6) is 0.397. The molecule has 0 aliphatic carbocycles. The average Bonchev–Trinajstić information content (AvgIpc) is 2.35. The third kappa shape index (κ3) is 13.9. The van der Waals surface area contributed by atoms with Gasteiger partial charge in [-0.15, -0.1) is 0 Å². The van der Waals surface area contributed by atoms with Gasteiger partial charge in [0.1, 0.15) is 0 Å². The first-order valence-electron chi connectivity index (χ1n) is 7.89. The van der Waals surface area contributed by atoms with E-state index in [0.717, 1.165) is 6.42 Å². The van der Waals surface area contributed by atoms with Crippen molar-refractivity contribution in [1.82, 2.24) is 0 Å². The van der Waals surface area contributed by atoms with E-state index in [1.165, 1.54) is 70.6 Å². The Morgan fingerprint density at radius 1 is 0.706 bits per heavy atom. The quantitative estimate of drug-likeness (QED) is 0.366. The highest BCUT2D eigenvalue weighted by molar-refractivity contribution is 4.52. The second-order valence-corrected chi connectivity index (χ2v) is 5.60. The highest BCUT2D eigenvalue weighted by Gasteiger charge is 1.99. The highest BCUT2D eigenvalue weighted by atomic mass is 16.3. The molecule has 0 amide bonds. The molecular formula is C16H33O.